The second-order valence-corrected chi connectivity index (χ2v) is 3.73. The number of carbonyl (C=O) groups is 1. The topological polar surface area (TPSA) is 26.3 Å². The van der Waals surface area contributed by atoms with Gasteiger partial charge in [-0.3, -0.25) is 4.79 Å². The molecule has 0 spiro atoms. The van der Waals surface area contributed by atoms with Crippen LogP contribution in [-0.4, -0.2) is 12.4 Å². The van der Waals surface area contributed by atoms with Gasteiger partial charge in [-0.2, -0.15) is 13.2 Å². The summed E-state index contributed by atoms with van der Waals surface area (Å²) in [4.78, 5) is 11.3. The zero-order chi connectivity index (χ0) is 14.8. The van der Waals surface area contributed by atoms with Gasteiger partial charge in [-0.15, -0.1) is 0 Å². The summed E-state index contributed by atoms with van der Waals surface area (Å²) in [5.41, 5.74) is -2.72. The number of rotatable bonds is 4. The number of hydrogen-bond acceptors (Lipinski definition) is 2. The highest BCUT2D eigenvalue weighted by Crippen LogP contribution is 2.41. The number of hydrogen-bond donors (Lipinski definition) is 0. The third kappa shape index (κ3) is 3.42. The Balaban J connectivity index is 3.60. The minimum absolute atomic E-state index is 0.114. The number of alkyl halides is 5. The van der Waals surface area contributed by atoms with Crippen LogP contribution in [0.3, 0.4) is 0 Å². The summed E-state index contributed by atoms with van der Waals surface area (Å²) in [7, 11) is 0. The van der Waals surface area contributed by atoms with E-state index in [2.05, 4.69) is 0 Å². The van der Waals surface area contributed by atoms with Crippen LogP contribution in [0.2, 0.25) is 0 Å². The third-order valence-electron chi connectivity index (χ3n) is 2.34. The molecule has 0 amide bonds. The minimum atomic E-state index is -4.88. The van der Waals surface area contributed by atoms with Crippen molar-refractivity contribution in [3.05, 3.63) is 28.8 Å². The number of benzene rings is 1. The highest BCUT2D eigenvalue weighted by atomic mass is 19.4. The van der Waals surface area contributed by atoms with Gasteiger partial charge in [-0.05, 0) is 26.0 Å². The molecule has 1 aromatic carbocycles. The van der Waals surface area contributed by atoms with Gasteiger partial charge in [0.25, 0.3) is 6.43 Å². The van der Waals surface area contributed by atoms with Crippen molar-refractivity contribution < 1.29 is 31.5 Å². The lowest BCUT2D eigenvalue weighted by Gasteiger charge is -2.17. The Bertz CT molecular complexity index is 480. The van der Waals surface area contributed by atoms with Crippen molar-refractivity contribution in [2.75, 3.05) is 6.61 Å². The molecule has 0 aliphatic heterocycles. The van der Waals surface area contributed by atoms with Crippen molar-refractivity contribution in [2.45, 2.75) is 26.4 Å². The van der Waals surface area contributed by atoms with E-state index in [0.717, 1.165) is 13.0 Å². The average molecular weight is 282 g/mol. The predicted molar refractivity (Wildman–Crippen MR) is 57.6 cm³/mol. The Labute approximate surface area is 106 Å². The molecule has 0 fully saturated rings. The molecule has 0 heterocycles. The maximum atomic E-state index is 12.8. The molecule has 106 valence electrons. The van der Waals surface area contributed by atoms with Crippen molar-refractivity contribution in [2.24, 2.45) is 0 Å². The fourth-order valence-electron chi connectivity index (χ4n) is 1.55. The SMILES string of the molecule is CCOc1c(C(C)=O)cc(C(F)F)cc1C(F)(F)F. The van der Waals surface area contributed by atoms with Crippen LogP contribution in [0.25, 0.3) is 0 Å². The Morgan fingerprint density at radius 3 is 2.26 bits per heavy atom. The predicted octanol–water partition coefficient (Wildman–Crippen LogP) is 4.24. The molecule has 0 aliphatic carbocycles. The fourth-order valence-corrected chi connectivity index (χ4v) is 1.55. The molecule has 19 heavy (non-hydrogen) atoms. The summed E-state index contributed by atoms with van der Waals surface area (Å²) >= 11 is 0. The Morgan fingerprint density at radius 1 is 1.32 bits per heavy atom. The highest BCUT2D eigenvalue weighted by molar-refractivity contribution is 5.97. The number of ether oxygens (including phenoxy) is 1. The van der Waals surface area contributed by atoms with Crippen LogP contribution in [-0.2, 0) is 6.18 Å². The first-order chi connectivity index (χ1) is 8.68. The Morgan fingerprint density at radius 2 is 1.89 bits per heavy atom. The summed E-state index contributed by atoms with van der Waals surface area (Å²) in [5, 5.41) is 0. The summed E-state index contributed by atoms with van der Waals surface area (Å²) in [6.07, 6.45) is -7.98. The van der Waals surface area contributed by atoms with E-state index in [1.54, 1.807) is 0 Å². The lowest BCUT2D eigenvalue weighted by molar-refractivity contribution is -0.139. The van der Waals surface area contributed by atoms with E-state index >= 15 is 0 Å². The lowest BCUT2D eigenvalue weighted by atomic mass is 10.0. The average Bonchev–Trinajstić information content (AvgIpc) is 2.27. The van der Waals surface area contributed by atoms with Crippen LogP contribution < -0.4 is 4.74 Å². The molecule has 0 aromatic heterocycles. The first-order valence-corrected chi connectivity index (χ1v) is 5.35. The lowest BCUT2D eigenvalue weighted by Crippen LogP contribution is -2.13. The van der Waals surface area contributed by atoms with Crippen molar-refractivity contribution in [3.63, 3.8) is 0 Å². The van der Waals surface area contributed by atoms with Gasteiger partial charge in [0.2, 0.25) is 0 Å². The Kier molecular flexibility index (Phi) is 4.49. The van der Waals surface area contributed by atoms with E-state index in [1.807, 2.05) is 0 Å². The molecule has 0 saturated heterocycles. The second kappa shape index (κ2) is 5.54. The second-order valence-electron chi connectivity index (χ2n) is 3.73. The van der Waals surface area contributed by atoms with Crippen LogP contribution in [0.1, 0.15) is 41.8 Å². The summed E-state index contributed by atoms with van der Waals surface area (Å²) in [6, 6.07) is 1.04. The number of ketones is 1. The normalized spacial score (nSPS) is 11.8. The van der Waals surface area contributed by atoms with Gasteiger partial charge in [0.1, 0.15) is 5.75 Å². The molecule has 1 aromatic rings. The van der Waals surface area contributed by atoms with E-state index in [0.29, 0.717) is 6.07 Å². The van der Waals surface area contributed by atoms with E-state index < -0.39 is 40.8 Å². The Hall–Kier alpha value is -1.66. The zero-order valence-corrected chi connectivity index (χ0v) is 10.1. The van der Waals surface area contributed by atoms with Gasteiger partial charge >= 0.3 is 6.18 Å². The molecule has 0 saturated carbocycles. The van der Waals surface area contributed by atoms with Crippen LogP contribution in [0.5, 0.6) is 5.75 Å². The van der Waals surface area contributed by atoms with Gasteiger partial charge in [0, 0.05) is 5.56 Å². The molecular formula is C12H11F5O2. The van der Waals surface area contributed by atoms with Gasteiger partial charge in [-0.25, -0.2) is 8.78 Å². The van der Waals surface area contributed by atoms with E-state index in [4.69, 9.17) is 4.74 Å². The molecule has 7 heteroatoms. The summed E-state index contributed by atoms with van der Waals surface area (Å²) in [5.74, 6) is -1.47. The van der Waals surface area contributed by atoms with Crippen LogP contribution in [0.15, 0.2) is 12.1 Å². The summed E-state index contributed by atoms with van der Waals surface area (Å²) < 4.78 is 68.4. The molecule has 0 radical (unpaired) electrons. The standard InChI is InChI=1S/C12H11F5O2/c1-3-19-10-8(6(2)18)4-7(11(13)14)5-9(10)12(15,16)17/h4-5,11H,3H2,1-2H3. The number of carbonyl (C=O) groups excluding carboxylic acids is 1. The smallest absolute Gasteiger partial charge is 0.420 e. The van der Waals surface area contributed by atoms with Gasteiger partial charge in [-0.1, -0.05) is 0 Å². The molecule has 1 rings (SSSR count). The summed E-state index contributed by atoms with van der Waals surface area (Å²) in [6.45, 7) is 2.32. The molecule has 0 atom stereocenters. The fraction of sp³-hybridized carbons (Fsp3) is 0.417. The third-order valence-corrected chi connectivity index (χ3v) is 2.34. The van der Waals surface area contributed by atoms with Crippen molar-refractivity contribution in [1.82, 2.24) is 0 Å². The van der Waals surface area contributed by atoms with Crippen molar-refractivity contribution >= 4 is 5.78 Å². The number of Topliss-reactive ketones (excluding diaryl/α,β-unsaturated/α-hetero) is 1. The maximum Gasteiger partial charge on any atom is 0.420 e. The van der Waals surface area contributed by atoms with Crippen LogP contribution in [0, 0.1) is 0 Å². The zero-order valence-electron chi connectivity index (χ0n) is 10.1. The van der Waals surface area contributed by atoms with Crippen LogP contribution in [0.4, 0.5) is 22.0 Å². The maximum absolute atomic E-state index is 12.8. The van der Waals surface area contributed by atoms with Gasteiger partial charge in [0.15, 0.2) is 5.78 Å². The van der Waals surface area contributed by atoms with Gasteiger partial charge < -0.3 is 4.74 Å². The van der Waals surface area contributed by atoms with E-state index in [9.17, 15) is 26.7 Å². The first-order valence-electron chi connectivity index (χ1n) is 5.35. The largest absolute Gasteiger partial charge is 0.492 e. The van der Waals surface area contributed by atoms with Gasteiger partial charge in [0.05, 0.1) is 17.7 Å². The van der Waals surface area contributed by atoms with Crippen molar-refractivity contribution in [3.8, 4) is 5.75 Å². The van der Waals surface area contributed by atoms with Crippen LogP contribution >= 0.6 is 0 Å². The van der Waals surface area contributed by atoms with E-state index in [-0.39, 0.29) is 6.61 Å². The molecular weight excluding hydrogens is 271 g/mol. The first kappa shape index (κ1) is 15.4. The molecule has 0 bridgehead atoms. The molecule has 0 N–H and O–H groups in total. The quantitative estimate of drug-likeness (QED) is 0.609. The molecule has 0 unspecified atom stereocenters. The van der Waals surface area contributed by atoms with E-state index in [1.165, 1.54) is 6.92 Å². The van der Waals surface area contributed by atoms with Crippen molar-refractivity contribution in [1.29, 1.82) is 0 Å². The minimum Gasteiger partial charge on any atom is -0.492 e. The highest BCUT2D eigenvalue weighted by Gasteiger charge is 2.37. The molecule has 2 nitrogen and oxygen atoms in total. The molecule has 0 aliphatic rings. The monoisotopic (exact) mass is 282 g/mol. The number of halogens is 5.